The van der Waals surface area contributed by atoms with Gasteiger partial charge in [0.2, 0.25) is 0 Å². The molecule has 1 rings (SSSR count). The molecule has 1 aliphatic rings. The fraction of sp³-hybridized carbons (Fsp3) is 0.500. The standard InChI is InChI=1S/C6H8S/c7-6-4-2-1-3-5-6/h1-2H,3-5H2. The van der Waals surface area contributed by atoms with E-state index in [1.54, 1.807) is 0 Å². The Labute approximate surface area is 49.2 Å². The second kappa shape index (κ2) is 2.22. The molecule has 0 nitrogen and oxygen atoms in total. The lowest BCUT2D eigenvalue weighted by Gasteiger charge is -2.00. The van der Waals surface area contributed by atoms with Gasteiger partial charge in [-0.2, -0.15) is 0 Å². The SMILES string of the molecule is S=C1CC=CCC1. The first-order valence-electron chi connectivity index (χ1n) is 2.56. The lowest BCUT2D eigenvalue weighted by Crippen LogP contribution is -1.94. The minimum Gasteiger partial charge on any atom is -0.0893 e. The van der Waals surface area contributed by atoms with E-state index >= 15 is 0 Å². The Bertz CT molecular complexity index is 103. The van der Waals surface area contributed by atoms with Gasteiger partial charge >= 0.3 is 0 Å². The molecular weight excluding hydrogens is 104 g/mol. The van der Waals surface area contributed by atoms with Gasteiger partial charge in [0.1, 0.15) is 0 Å². The predicted octanol–water partition coefficient (Wildman–Crippen LogP) is 2.10. The van der Waals surface area contributed by atoms with Crippen LogP contribution < -0.4 is 0 Å². The van der Waals surface area contributed by atoms with E-state index in [2.05, 4.69) is 12.2 Å². The van der Waals surface area contributed by atoms with Crippen molar-refractivity contribution in [1.29, 1.82) is 0 Å². The van der Waals surface area contributed by atoms with Crippen LogP contribution in [-0.4, -0.2) is 4.86 Å². The molecule has 38 valence electrons. The van der Waals surface area contributed by atoms with Crippen molar-refractivity contribution in [2.24, 2.45) is 0 Å². The first-order valence-corrected chi connectivity index (χ1v) is 2.97. The molecule has 0 atom stereocenters. The van der Waals surface area contributed by atoms with Crippen molar-refractivity contribution < 1.29 is 0 Å². The minimum atomic E-state index is 1.04. The Kier molecular flexibility index (Phi) is 1.58. The van der Waals surface area contributed by atoms with Gasteiger partial charge in [-0.05, 0) is 24.1 Å². The normalized spacial score (nSPS) is 20.3. The van der Waals surface area contributed by atoms with E-state index in [1.807, 2.05) is 0 Å². The van der Waals surface area contributed by atoms with Gasteiger partial charge in [0.05, 0.1) is 0 Å². The maximum atomic E-state index is 4.95. The van der Waals surface area contributed by atoms with Gasteiger partial charge in [0.15, 0.2) is 0 Å². The van der Waals surface area contributed by atoms with Gasteiger partial charge in [0, 0.05) is 0 Å². The summed E-state index contributed by atoms with van der Waals surface area (Å²) in [5.74, 6) is 0. The van der Waals surface area contributed by atoms with Gasteiger partial charge < -0.3 is 0 Å². The van der Waals surface area contributed by atoms with E-state index in [-0.39, 0.29) is 0 Å². The van der Waals surface area contributed by atoms with Crippen LogP contribution >= 0.6 is 12.2 Å². The van der Waals surface area contributed by atoms with E-state index in [0.29, 0.717) is 0 Å². The average Bonchev–Trinajstić information content (AvgIpc) is 1.69. The fourth-order valence-electron chi connectivity index (χ4n) is 0.679. The number of allylic oxidation sites excluding steroid dienone is 2. The number of rotatable bonds is 0. The largest absolute Gasteiger partial charge is 0.0893 e. The van der Waals surface area contributed by atoms with Crippen LogP contribution in [0.15, 0.2) is 12.2 Å². The zero-order chi connectivity index (χ0) is 5.11. The van der Waals surface area contributed by atoms with Crippen molar-refractivity contribution in [3.05, 3.63) is 12.2 Å². The van der Waals surface area contributed by atoms with Gasteiger partial charge in [-0.3, -0.25) is 0 Å². The van der Waals surface area contributed by atoms with Crippen LogP contribution in [-0.2, 0) is 0 Å². The molecule has 0 saturated carbocycles. The first kappa shape index (κ1) is 4.98. The molecule has 0 radical (unpaired) electrons. The second-order valence-electron chi connectivity index (χ2n) is 1.75. The van der Waals surface area contributed by atoms with Crippen molar-refractivity contribution in [1.82, 2.24) is 0 Å². The zero-order valence-electron chi connectivity index (χ0n) is 4.18. The molecule has 0 amide bonds. The van der Waals surface area contributed by atoms with Crippen LogP contribution in [0.2, 0.25) is 0 Å². The van der Waals surface area contributed by atoms with Crippen molar-refractivity contribution in [3.63, 3.8) is 0 Å². The Hall–Kier alpha value is -0.170. The van der Waals surface area contributed by atoms with Gasteiger partial charge in [-0.25, -0.2) is 0 Å². The molecule has 1 aliphatic carbocycles. The lowest BCUT2D eigenvalue weighted by molar-refractivity contribution is 1.05. The number of hydrogen-bond acceptors (Lipinski definition) is 1. The summed E-state index contributed by atoms with van der Waals surface area (Å²) in [5.41, 5.74) is 0. The molecule has 0 aromatic heterocycles. The molecule has 0 aromatic carbocycles. The predicted molar refractivity (Wildman–Crippen MR) is 35.6 cm³/mol. The van der Waals surface area contributed by atoms with Crippen molar-refractivity contribution in [2.75, 3.05) is 0 Å². The van der Waals surface area contributed by atoms with Gasteiger partial charge in [-0.1, -0.05) is 24.4 Å². The molecule has 0 aromatic rings. The van der Waals surface area contributed by atoms with E-state index in [9.17, 15) is 0 Å². The molecule has 0 N–H and O–H groups in total. The summed E-state index contributed by atoms with van der Waals surface area (Å²) in [4.78, 5) is 1.21. The van der Waals surface area contributed by atoms with Crippen LogP contribution in [0.1, 0.15) is 19.3 Å². The minimum absolute atomic E-state index is 1.04. The smallest absolute Gasteiger partial charge is 0.00308 e. The maximum Gasteiger partial charge on any atom is -0.00308 e. The Morgan fingerprint density at radius 1 is 1.43 bits per heavy atom. The quantitative estimate of drug-likeness (QED) is 0.341. The van der Waals surface area contributed by atoms with Gasteiger partial charge in [-0.15, -0.1) is 0 Å². The van der Waals surface area contributed by atoms with Crippen LogP contribution in [0.3, 0.4) is 0 Å². The van der Waals surface area contributed by atoms with Crippen LogP contribution in [0.25, 0.3) is 0 Å². The summed E-state index contributed by atoms with van der Waals surface area (Å²) >= 11 is 4.95. The highest BCUT2D eigenvalue weighted by molar-refractivity contribution is 7.80. The monoisotopic (exact) mass is 112 g/mol. The van der Waals surface area contributed by atoms with Crippen LogP contribution in [0.4, 0.5) is 0 Å². The zero-order valence-corrected chi connectivity index (χ0v) is 5.00. The van der Waals surface area contributed by atoms with Crippen LogP contribution in [0.5, 0.6) is 0 Å². The molecule has 0 unspecified atom stereocenters. The molecule has 0 spiro atoms. The molecule has 1 heteroatoms. The summed E-state index contributed by atoms with van der Waals surface area (Å²) in [5, 5.41) is 0. The van der Waals surface area contributed by atoms with E-state index < -0.39 is 0 Å². The Balaban J connectivity index is 2.47. The van der Waals surface area contributed by atoms with E-state index in [4.69, 9.17) is 12.2 Å². The summed E-state index contributed by atoms with van der Waals surface area (Å²) in [6, 6.07) is 0. The first-order chi connectivity index (χ1) is 3.39. The van der Waals surface area contributed by atoms with Crippen molar-refractivity contribution in [2.45, 2.75) is 19.3 Å². The number of hydrogen-bond donors (Lipinski definition) is 0. The molecule has 0 saturated heterocycles. The van der Waals surface area contributed by atoms with E-state index in [1.165, 1.54) is 11.3 Å². The fourth-order valence-corrected chi connectivity index (χ4v) is 0.893. The summed E-state index contributed by atoms with van der Waals surface area (Å²) in [6.07, 6.45) is 7.67. The van der Waals surface area contributed by atoms with Crippen LogP contribution in [0, 0.1) is 0 Å². The third kappa shape index (κ3) is 1.39. The maximum absolute atomic E-state index is 4.95. The van der Waals surface area contributed by atoms with Crippen molar-refractivity contribution in [3.8, 4) is 0 Å². The lowest BCUT2D eigenvalue weighted by atomic mass is 10.1. The molecule has 0 aliphatic heterocycles. The summed E-state index contributed by atoms with van der Waals surface area (Å²) < 4.78 is 0. The summed E-state index contributed by atoms with van der Waals surface area (Å²) in [7, 11) is 0. The second-order valence-corrected chi connectivity index (χ2v) is 2.33. The molecule has 0 bridgehead atoms. The summed E-state index contributed by atoms with van der Waals surface area (Å²) in [6.45, 7) is 0. The number of thiocarbonyl (C=S) groups is 1. The highest BCUT2D eigenvalue weighted by Crippen LogP contribution is 2.05. The third-order valence-electron chi connectivity index (χ3n) is 1.10. The Morgan fingerprint density at radius 3 is 2.57 bits per heavy atom. The molecule has 0 fully saturated rings. The highest BCUT2D eigenvalue weighted by Gasteiger charge is 1.95. The molecule has 7 heavy (non-hydrogen) atoms. The molecule has 0 heterocycles. The average molecular weight is 112 g/mol. The highest BCUT2D eigenvalue weighted by atomic mass is 32.1. The molecular formula is C6H8S. The topological polar surface area (TPSA) is 0 Å². The Morgan fingerprint density at radius 2 is 2.29 bits per heavy atom. The van der Waals surface area contributed by atoms with Crippen molar-refractivity contribution >= 4 is 17.1 Å². The third-order valence-corrected chi connectivity index (χ3v) is 1.47. The van der Waals surface area contributed by atoms with Gasteiger partial charge in [0.25, 0.3) is 0 Å². The van der Waals surface area contributed by atoms with E-state index in [0.717, 1.165) is 12.8 Å².